The van der Waals surface area contributed by atoms with Crippen LogP contribution in [0.25, 0.3) is 0 Å². The number of Topliss-reactive ketones (excluding diaryl/α,β-unsaturated/α-hetero) is 1. The molecule has 8 nitrogen and oxygen atoms in total. The number of rotatable bonds is 6. The molecular formula is C16H13NO7S. The molecule has 3 rings (SSSR count). The first-order valence-electron chi connectivity index (χ1n) is 7.19. The summed E-state index contributed by atoms with van der Waals surface area (Å²) in [6.07, 6.45) is 0. The first kappa shape index (κ1) is 16.9. The lowest BCUT2D eigenvalue weighted by molar-refractivity contribution is -0.118. The van der Waals surface area contributed by atoms with Crippen LogP contribution in [0.4, 0.5) is 5.69 Å². The zero-order valence-electron chi connectivity index (χ0n) is 12.8. The van der Waals surface area contributed by atoms with E-state index in [0.29, 0.717) is 17.0 Å². The van der Waals surface area contributed by atoms with E-state index >= 15 is 0 Å². The fourth-order valence-corrected chi connectivity index (χ4v) is 3.30. The van der Waals surface area contributed by atoms with Gasteiger partial charge in [-0.3, -0.25) is 13.8 Å². The molecule has 1 aliphatic rings. The first-order valence-corrected chi connectivity index (χ1v) is 8.68. The van der Waals surface area contributed by atoms with Gasteiger partial charge in [-0.25, -0.2) is 4.79 Å². The average Bonchev–Trinajstić information content (AvgIpc) is 3.02. The summed E-state index contributed by atoms with van der Waals surface area (Å²) in [5.74, 6) is -1.77. The van der Waals surface area contributed by atoms with Crippen molar-refractivity contribution in [1.29, 1.82) is 0 Å². The van der Waals surface area contributed by atoms with Crippen molar-refractivity contribution in [3.05, 3.63) is 47.4 Å². The molecule has 25 heavy (non-hydrogen) atoms. The maximum atomic E-state index is 12.3. The summed E-state index contributed by atoms with van der Waals surface area (Å²) < 4.78 is 22.3. The van der Waals surface area contributed by atoms with E-state index in [4.69, 9.17) is 14.3 Å². The Labute approximate surface area is 144 Å². The number of ether oxygens (including phenoxy) is 1. The van der Waals surface area contributed by atoms with Gasteiger partial charge < -0.3 is 19.6 Å². The molecule has 1 amide bonds. The van der Waals surface area contributed by atoms with Crippen LogP contribution in [0.1, 0.15) is 26.7 Å². The molecule has 0 spiro atoms. The van der Waals surface area contributed by atoms with Crippen LogP contribution in [-0.4, -0.2) is 39.3 Å². The van der Waals surface area contributed by atoms with Crippen molar-refractivity contribution in [1.82, 2.24) is 0 Å². The van der Waals surface area contributed by atoms with Gasteiger partial charge in [-0.1, -0.05) is 0 Å². The minimum absolute atomic E-state index is 0.0657. The van der Waals surface area contributed by atoms with Crippen LogP contribution in [0.15, 0.2) is 34.7 Å². The van der Waals surface area contributed by atoms with Crippen LogP contribution in [0.2, 0.25) is 0 Å². The Hall–Kier alpha value is -2.94. The summed E-state index contributed by atoms with van der Waals surface area (Å²) >= 11 is 0. The number of benzene rings is 1. The number of hydrogen-bond donors (Lipinski definition) is 2. The molecular weight excluding hydrogens is 350 g/mol. The summed E-state index contributed by atoms with van der Waals surface area (Å²) in [5.41, 5.74) is 0.689. The number of nitrogens with one attached hydrogen (secondary N) is 1. The van der Waals surface area contributed by atoms with E-state index in [1.165, 1.54) is 24.3 Å². The summed E-state index contributed by atoms with van der Waals surface area (Å²) in [6.45, 7) is -0.0776. The number of fused-ring (bicyclic) bond motifs is 1. The number of anilines is 1. The highest BCUT2D eigenvalue weighted by Crippen LogP contribution is 2.28. The summed E-state index contributed by atoms with van der Waals surface area (Å²) in [6, 6.07) is 7.25. The largest absolute Gasteiger partial charge is 0.482 e. The molecule has 1 aliphatic heterocycles. The van der Waals surface area contributed by atoms with Crippen LogP contribution < -0.4 is 10.1 Å². The SMILES string of the molecule is O=C1COc2ccc(C(=O)CS(=O)Cc3ccc(C(=O)O)o3)cc2N1. The van der Waals surface area contributed by atoms with Gasteiger partial charge >= 0.3 is 5.97 Å². The number of carbonyl (C=O) groups excluding carboxylic acids is 2. The molecule has 1 aromatic carbocycles. The summed E-state index contributed by atoms with van der Waals surface area (Å²) in [7, 11) is -1.57. The Morgan fingerprint density at radius 1 is 1.24 bits per heavy atom. The predicted molar refractivity (Wildman–Crippen MR) is 87.3 cm³/mol. The Kier molecular flexibility index (Phi) is 4.66. The third-order valence-electron chi connectivity index (χ3n) is 3.40. The van der Waals surface area contributed by atoms with Gasteiger partial charge in [0, 0.05) is 16.4 Å². The molecule has 0 fully saturated rings. The number of hydrogen-bond acceptors (Lipinski definition) is 6. The van der Waals surface area contributed by atoms with Crippen molar-refractivity contribution in [3.8, 4) is 5.75 Å². The number of amides is 1. The minimum Gasteiger partial charge on any atom is -0.482 e. The molecule has 1 unspecified atom stereocenters. The van der Waals surface area contributed by atoms with E-state index in [0.717, 1.165) is 0 Å². The van der Waals surface area contributed by atoms with Crippen molar-refractivity contribution in [2.24, 2.45) is 0 Å². The van der Waals surface area contributed by atoms with Crippen molar-refractivity contribution in [2.45, 2.75) is 5.75 Å². The maximum Gasteiger partial charge on any atom is 0.371 e. The zero-order chi connectivity index (χ0) is 18.0. The maximum absolute atomic E-state index is 12.3. The lowest BCUT2D eigenvalue weighted by Crippen LogP contribution is -2.25. The highest BCUT2D eigenvalue weighted by molar-refractivity contribution is 7.85. The molecule has 9 heteroatoms. The molecule has 130 valence electrons. The fraction of sp³-hybridized carbons (Fsp3) is 0.188. The van der Waals surface area contributed by atoms with E-state index in [1.807, 2.05) is 0 Å². The van der Waals surface area contributed by atoms with Crippen molar-refractivity contribution in [2.75, 3.05) is 17.7 Å². The Morgan fingerprint density at radius 3 is 2.76 bits per heavy atom. The number of carbonyl (C=O) groups is 3. The number of ketones is 1. The van der Waals surface area contributed by atoms with Gasteiger partial charge in [0.15, 0.2) is 12.4 Å². The number of carboxylic acid groups (broad SMARTS) is 1. The van der Waals surface area contributed by atoms with Gasteiger partial charge in [0.05, 0.1) is 17.2 Å². The van der Waals surface area contributed by atoms with Gasteiger partial charge in [-0.05, 0) is 30.3 Å². The predicted octanol–water partition coefficient (Wildman–Crippen LogP) is 1.44. The fourth-order valence-electron chi connectivity index (χ4n) is 2.27. The van der Waals surface area contributed by atoms with Gasteiger partial charge in [0.2, 0.25) is 5.76 Å². The van der Waals surface area contributed by atoms with E-state index in [-0.39, 0.29) is 41.3 Å². The third kappa shape index (κ3) is 3.94. The molecule has 1 atom stereocenters. The Balaban J connectivity index is 1.65. The highest BCUT2D eigenvalue weighted by Gasteiger charge is 2.19. The molecule has 0 bridgehead atoms. The highest BCUT2D eigenvalue weighted by atomic mass is 32.2. The van der Waals surface area contributed by atoms with Gasteiger partial charge in [0.1, 0.15) is 11.5 Å². The van der Waals surface area contributed by atoms with E-state index in [9.17, 15) is 18.6 Å². The lowest BCUT2D eigenvalue weighted by atomic mass is 10.1. The number of furan rings is 1. The minimum atomic E-state index is -1.57. The second kappa shape index (κ2) is 6.89. The number of aromatic carboxylic acids is 1. The van der Waals surface area contributed by atoms with Crippen LogP contribution in [0, 0.1) is 0 Å². The lowest BCUT2D eigenvalue weighted by Gasteiger charge is -2.18. The number of carboxylic acids is 1. The molecule has 2 N–H and O–H groups in total. The molecule has 0 aliphatic carbocycles. The van der Waals surface area contributed by atoms with Crippen molar-refractivity contribution >= 4 is 34.1 Å². The molecule has 0 radical (unpaired) electrons. The monoisotopic (exact) mass is 363 g/mol. The van der Waals surface area contributed by atoms with Gasteiger partial charge in [0.25, 0.3) is 5.91 Å². The Morgan fingerprint density at radius 2 is 2.04 bits per heavy atom. The van der Waals surface area contributed by atoms with Crippen LogP contribution in [0.3, 0.4) is 0 Å². The second-order valence-corrected chi connectivity index (χ2v) is 6.73. The standard InChI is InChI=1S/C16H13NO7S/c18-12(8-25(22)7-10-2-4-14(24-10)16(20)21)9-1-3-13-11(5-9)17-15(19)6-23-13/h1-5H,6-8H2,(H,17,19)(H,20,21). The van der Waals surface area contributed by atoms with Crippen LogP contribution in [-0.2, 0) is 21.3 Å². The van der Waals surface area contributed by atoms with E-state index in [2.05, 4.69) is 5.32 Å². The zero-order valence-corrected chi connectivity index (χ0v) is 13.6. The second-order valence-electron chi connectivity index (χ2n) is 5.27. The molecule has 1 aromatic heterocycles. The summed E-state index contributed by atoms with van der Waals surface area (Å²) in [5, 5.41) is 11.4. The summed E-state index contributed by atoms with van der Waals surface area (Å²) in [4.78, 5) is 34.3. The average molecular weight is 363 g/mol. The van der Waals surface area contributed by atoms with Gasteiger partial charge in [-0.15, -0.1) is 0 Å². The van der Waals surface area contributed by atoms with E-state index < -0.39 is 16.8 Å². The molecule has 2 heterocycles. The first-order chi connectivity index (χ1) is 11.9. The third-order valence-corrected chi connectivity index (χ3v) is 4.59. The van der Waals surface area contributed by atoms with E-state index in [1.54, 1.807) is 6.07 Å². The van der Waals surface area contributed by atoms with Crippen LogP contribution >= 0.6 is 0 Å². The normalized spacial score (nSPS) is 14.2. The van der Waals surface area contributed by atoms with Gasteiger partial charge in [-0.2, -0.15) is 0 Å². The van der Waals surface area contributed by atoms with Crippen molar-refractivity contribution < 1.29 is 32.9 Å². The molecule has 0 saturated carbocycles. The topological polar surface area (TPSA) is 123 Å². The Bertz CT molecular complexity index is 886. The quantitative estimate of drug-likeness (QED) is 0.744. The smallest absolute Gasteiger partial charge is 0.371 e. The van der Waals surface area contributed by atoms with Crippen molar-refractivity contribution in [3.63, 3.8) is 0 Å². The molecule has 0 saturated heterocycles. The molecule has 2 aromatic rings. The van der Waals surface area contributed by atoms with Crippen LogP contribution in [0.5, 0.6) is 5.75 Å².